The fourth-order valence-corrected chi connectivity index (χ4v) is 4.94. The third-order valence-electron chi connectivity index (χ3n) is 5.55. The minimum Gasteiger partial charge on any atom is -0.491 e. The molecule has 3 aromatic carbocycles. The number of hydrogen-bond acceptors (Lipinski definition) is 6. The van der Waals surface area contributed by atoms with Gasteiger partial charge >= 0.3 is 10.1 Å². The Hall–Kier alpha value is -3.51. The van der Waals surface area contributed by atoms with Gasteiger partial charge in [-0.15, -0.1) is 9.35 Å². The van der Waals surface area contributed by atoms with Crippen molar-refractivity contribution in [3.8, 4) is 5.75 Å². The Kier molecular flexibility index (Phi) is 6.28. The van der Waals surface area contributed by atoms with Crippen molar-refractivity contribution in [3.63, 3.8) is 0 Å². The molecule has 1 heterocycles. The van der Waals surface area contributed by atoms with Crippen molar-refractivity contribution in [2.24, 2.45) is 0 Å². The number of hydrogen-bond donors (Lipinski definition) is 0. The van der Waals surface area contributed by atoms with Gasteiger partial charge in [-0.05, 0) is 29.9 Å². The molecule has 0 aliphatic carbocycles. The van der Waals surface area contributed by atoms with Crippen LogP contribution in [0.2, 0.25) is 0 Å². The van der Waals surface area contributed by atoms with E-state index < -0.39 is 55.8 Å². The van der Waals surface area contributed by atoms with Crippen LogP contribution < -0.4 is 4.74 Å². The Morgan fingerprint density at radius 3 is 2.17 bits per heavy atom. The number of rotatable bonds is 7. The summed E-state index contributed by atoms with van der Waals surface area (Å²) in [5.74, 6) is -12.9. The van der Waals surface area contributed by atoms with Crippen LogP contribution in [-0.4, -0.2) is 32.4 Å². The average Bonchev–Trinajstić information content (AvgIpc) is 2.83. The lowest BCUT2D eigenvalue weighted by Gasteiger charge is -2.27. The molecule has 35 heavy (non-hydrogen) atoms. The molecule has 0 N–H and O–H groups in total. The number of amides is 2. The molecule has 0 aromatic heterocycles. The minimum atomic E-state index is -5.76. The Morgan fingerprint density at radius 2 is 1.57 bits per heavy atom. The summed E-state index contributed by atoms with van der Waals surface area (Å²) in [5.41, 5.74) is 0.377. The van der Waals surface area contributed by atoms with Crippen LogP contribution >= 0.6 is 0 Å². The second-order valence-electron chi connectivity index (χ2n) is 7.66. The summed E-state index contributed by atoms with van der Waals surface area (Å²) in [7, 11) is -5.05. The van der Waals surface area contributed by atoms with Crippen LogP contribution in [0.15, 0.2) is 35.2 Å². The number of ether oxygens (including phenoxy) is 1. The number of aryl methyl sites for hydroxylation is 1. The molecule has 0 spiro atoms. The van der Waals surface area contributed by atoms with Gasteiger partial charge in [0.2, 0.25) is 11.6 Å². The van der Waals surface area contributed by atoms with Crippen LogP contribution in [0.1, 0.15) is 46.0 Å². The van der Waals surface area contributed by atoms with E-state index in [0.29, 0.717) is 30.9 Å². The number of carbonyl (C=O) groups is 2. The van der Waals surface area contributed by atoms with E-state index in [-0.39, 0.29) is 21.6 Å². The van der Waals surface area contributed by atoms with Gasteiger partial charge in [-0.25, -0.2) is 8.78 Å². The molecule has 1 aliphatic rings. The van der Waals surface area contributed by atoms with Crippen LogP contribution in [-0.2, 0) is 20.8 Å². The Bertz CT molecular complexity index is 1480. The Balaban J connectivity index is 1.85. The smallest absolute Gasteiger partial charge is 0.324 e. The first-order valence-corrected chi connectivity index (χ1v) is 11.7. The highest BCUT2D eigenvalue weighted by molar-refractivity contribution is 7.86. The van der Waals surface area contributed by atoms with Crippen molar-refractivity contribution >= 4 is 32.7 Å². The summed E-state index contributed by atoms with van der Waals surface area (Å²) in [4.78, 5) is 24.1. The summed E-state index contributed by atoms with van der Waals surface area (Å²) >= 11 is 0. The van der Waals surface area contributed by atoms with E-state index in [0.717, 1.165) is 6.42 Å². The van der Waals surface area contributed by atoms with E-state index in [2.05, 4.69) is 9.02 Å². The minimum absolute atomic E-state index is 0.0191. The molecule has 0 bridgehead atoms. The second-order valence-corrected chi connectivity index (χ2v) is 9.12. The van der Waals surface area contributed by atoms with Crippen molar-refractivity contribution in [1.29, 1.82) is 0 Å². The van der Waals surface area contributed by atoms with E-state index in [4.69, 9.17) is 0 Å². The van der Waals surface area contributed by atoms with Crippen molar-refractivity contribution in [3.05, 3.63) is 70.3 Å². The molecule has 12 heteroatoms. The van der Waals surface area contributed by atoms with Crippen LogP contribution in [0.25, 0.3) is 10.8 Å². The number of nitrogens with zero attached hydrogens (tertiary/aromatic N) is 1. The number of benzene rings is 3. The number of unbranched alkanes of at least 4 members (excludes halogenated alkanes) is 1. The van der Waals surface area contributed by atoms with Crippen LogP contribution in [0.4, 0.5) is 17.6 Å². The zero-order chi connectivity index (χ0) is 25.7. The summed E-state index contributed by atoms with van der Waals surface area (Å²) in [6, 6.07) is 7.80. The molecule has 7 nitrogen and oxygen atoms in total. The number of halogens is 4. The lowest BCUT2D eigenvalue weighted by Crippen LogP contribution is -2.42. The number of hydroxylamine groups is 2. The van der Waals surface area contributed by atoms with Gasteiger partial charge in [0.15, 0.2) is 22.3 Å². The lowest BCUT2D eigenvalue weighted by atomic mass is 9.89. The average molecular weight is 511 g/mol. The van der Waals surface area contributed by atoms with E-state index in [1.165, 1.54) is 12.1 Å². The van der Waals surface area contributed by atoms with Gasteiger partial charge in [0.25, 0.3) is 11.8 Å². The molecule has 184 valence electrons. The highest BCUT2D eigenvalue weighted by atomic mass is 32.2. The van der Waals surface area contributed by atoms with Gasteiger partial charge in [-0.2, -0.15) is 17.2 Å². The lowest BCUT2D eigenvalue weighted by molar-refractivity contribution is -0.0159. The fraction of sp³-hybridized carbons (Fsp3) is 0.217. The van der Waals surface area contributed by atoms with E-state index >= 15 is 0 Å². The van der Waals surface area contributed by atoms with E-state index in [1.807, 2.05) is 6.92 Å². The number of carbonyl (C=O) groups excluding carboxylic acids is 2. The van der Waals surface area contributed by atoms with Gasteiger partial charge in [0, 0.05) is 5.39 Å². The standard InChI is InChI=1S/C23H17F4NO6S/c1-3-4-6-12-10-9-11-7-5-8-13-14(11)15(12)23(30)28(22(13)29)34-35(31,32)21-18(26)16(24)20(33-2)17(25)19(21)27/h5,7-10H,3-4,6H2,1-2H3. The molecule has 0 radical (unpaired) electrons. The predicted molar refractivity (Wildman–Crippen MR) is 114 cm³/mol. The quantitative estimate of drug-likeness (QED) is 0.260. The first-order chi connectivity index (χ1) is 16.5. The number of methoxy groups -OCH3 is 1. The third kappa shape index (κ3) is 3.82. The van der Waals surface area contributed by atoms with E-state index in [1.54, 1.807) is 18.2 Å². The molecular formula is C23H17F4NO6S. The van der Waals surface area contributed by atoms with Gasteiger partial charge in [0.05, 0.1) is 18.2 Å². The monoisotopic (exact) mass is 511 g/mol. The topological polar surface area (TPSA) is 90.0 Å². The molecule has 3 aromatic rings. The molecule has 1 aliphatic heterocycles. The maximum absolute atomic E-state index is 14.5. The van der Waals surface area contributed by atoms with Gasteiger partial charge in [-0.1, -0.05) is 37.6 Å². The molecule has 0 atom stereocenters. The first kappa shape index (κ1) is 24.6. The first-order valence-electron chi connectivity index (χ1n) is 10.3. The largest absolute Gasteiger partial charge is 0.491 e. The number of imide groups is 1. The van der Waals surface area contributed by atoms with Crippen molar-refractivity contribution < 1.29 is 44.6 Å². The van der Waals surface area contributed by atoms with Crippen LogP contribution in [0.3, 0.4) is 0 Å². The summed E-state index contributed by atoms with van der Waals surface area (Å²) < 4.78 is 91.3. The van der Waals surface area contributed by atoms with Crippen LogP contribution in [0, 0.1) is 23.3 Å². The highest BCUT2D eigenvalue weighted by Gasteiger charge is 2.42. The Morgan fingerprint density at radius 1 is 0.914 bits per heavy atom. The maximum Gasteiger partial charge on any atom is 0.324 e. The molecule has 0 unspecified atom stereocenters. The molecule has 0 fully saturated rings. The predicted octanol–water partition coefficient (Wildman–Crippen LogP) is 4.66. The van der Waals surface area contributed by atoms with Gasteiger partial charge in [0.1, 0.15) is 0 Å². The summed E-state index contributed by atoms with van der Waals surface area (Å²) in [6.45, 7) is 1.92. The van der Waals surface area contributed by atoms with Crippen molar-refractivity contribution in [2.75, 3.05) is 7.11 Å². The van der Waals surface area contributed by atoms with E-state index in [9.17, 15) is 35.6 Å². The van der Waals surface area contributed by atoms with Gasteiger partial charge < -0.3 is 4.74 Å². The molecule has 0 saturated heterocycles. The van der Waals surface area contributed by atoms with Crippen molar-refractivity contribution in [1.82, 2.24) is 5.06 Å². The zero-order valence-electron chi connectivity index (χ0n) is 18.3. The summed E-state index contributed by atoms with van der Waals surface area (Å²) in [6.07, 6.45) is 1.85. The SMILES string of the molecule is CCCCc1ccc2cccc3c2c1C(=O)N(OS(=O)(=O)c1c(F)c(F)c(OC)c(F)c1F)C3=O. The zero-order valence-corrected chi connectivity index (χ0v) is 19.1. The maximum atomic E-state index is 14.5. The third-order valence-corrected chi connectivity index (χ3v) is 6.76. The summed E-state index contributed by atoms with van der Waals surface area (Å²) in [5, 5.41) is 0.617. The van der Waals surface area contributed by atoms with Crippen molar-refractivity contribution in [2.45, 2.75) is 31.1 Å². The molecule has 2 amide bonds. The molecule has 4 rings (SSSR count). The Labute approximate surface area is 196 Å². The molecule has 0 saturated carbocycles. The van der Waals surface area contributed by atoms with Gasteiger partial charge in [-0.3, -0.25) is 9.59 Å². The highest BCUT2D eigenvalue weighted by Crippen LogP contribution is 2.36. The molecular weight excluding hydrogens is 494 g/mol. The normalized spacial score (nSPS) is 13.6. The second kappa shape index (κ2) is 8.93. The van der Waals surface area contributed by atoms with Crippen LogP contribution in [0.5, 0.6) is 5.75 Å². The fourth-order valence-electron chi connectivity index (χ4n) is 3.92.